The molecule has 2 aliphatic rings. The maximum atomic E-state index is 12.7. The number of ether oxygens (including phenoxy) is 1. The van der Waals surface area contributed by atoms with Crippen LogP contribution in [0.4, 0.5) is 0 Å². The summed E-state index contributed by atoms with van der Waals surface area (Å²) >= 11 is 0. The second kappa shape index (κ2) is 5.59. The first kappa shape index (κ1) is 15.1. The van der Waals surface area contributed by atoms with Crippen LogP contribution in [-0.4, -0.2) is 58.0 Å². The minimum absolute atomic E-state index is 0.0398. The number of carbonyl (C=O) groups is 2. The third kappa shape index (κ3) is 2.27. The molecule has 2 atom stereocenters. The molecule has 7 nitrogen and oxygen atoms in total. The van der Waals surface area contributed by atoms with Crippen LogP contribution in [0.15, 0.2) is 30.5 Å². The van der Waals surface area contributed by atoms with Gasteiger partial charge in [0.1, 0.15) is 12.0 Å². The Morgan fingerprint density at radius 2 is 2.21 bits per heavy atom. The van der Waals surface area contributed by atoms with E-state index in [1.165, 1.54) is 0 Å². The summed E-state index contributed by atoms with van der Waals surface area (Å²) in [7, 11) is 0. The van der Waals surface area contributed by atoms with Crippen molar-refractivity contribution in [3.05, 3.63) is 30.5 Å². The van der Waals surface area contributed by atoms with Crippen molar-refractivity contribution in [1.29, 1.82) is 0 Å². The smallest absolute Gasteiger partial charge is 0.314 e. The lowest BCUT2D eigenvalue weighted by atomic mass is 9.76. The number of likely N-dealkylation sites (tertiary alicyclic amines) is 1. The van der Waals surface area contributed by atoms with Crippen molar-refractivity contribution in [2.45, 2.75) is 13.0 Å². The van der Waals surface area contributed by atoms with E-state index in [0.29, 0.717) is 19.6 Å². The van der Waals surface area contributed by atoms with Gasteiger partial charge in [-0.2, -0.15) is 5.10 Å². The van der Waals surface area contributed by atoms with Crippen molar-refractivity contribution in [2.24, 2.45) is 11.3 Å². The average Bonchev–Trinajstić information content (AvgIpc) is 3.17. The molecule has 0 unspecified atom stereocenters. The van der Waals surface area contributed by atoms with Gasteiger partial charge in [-0.1, -0.05) is 18.2 Å². The molecule has 2 aliphatic heterocycles. The van der Waals surface area contributed by atoms with Crippen LogP contribution in [0.5, 0.6) is 0 Å². The zero-order valence-corrected chi connectivity index (χ0v) is 13.2. The molecule has 1 amide bonds. The molecule has 1 aromatic carbocycles. The number of nitrogens with zero attached hydrogens (tertiary/aromatic N) is 3. The van der Waals surface area contributed by atoms with Gasteiger partial charge in [0.25, 0.3) is 0 Å². The maximum Gasteiger partial charge on any atom is 0.314 e. The standard InChI is InChI=1S/C17H19N3O4/c21-15(9-20-14-4-2-1-3-12(14)7-18-20)19-8-13-5-6-24-11-17(13,10-19)16(22)23/h1-4,7,13H,5-6,8-11H2,(H,22,23)/t13-,17+/m0/s1. The molecule has 7 heteroatoms. The highest BCUT2D eigenvalue weighted by Gasteiger charge is 2.55. The Morgan fingerprint density at radius 3 is 3.00 bits per heavy atom. The molecule has 3 heterocycles. The third-order valence-corrected chi connectivity index (χ3v) is 5.28. The molecule has 2 aromatic rings. The van der Waals surface area contributed by atoms with E-state index >= 15 is 0 Å². The quantitative estimate of drug-likeness (QED) is 0.907. The summed E-state index contributed by atoms with van der Waals surface area (Å²) in [5.41, 5.74) is -0.0566. The lowest BCUT2D eigenvalue weighted by molar-refractivity contribution is -0.159. The molecule has 2 saturated heterocycles. The molecular weight excluding hydrogens is 310 g/mol. The van der Waals surface area contributed by atoms with Crippen molar-refractivity contribution < 1.29 is 19.4 Å². The Hall–Kier alpha value is -2.41. The van der Waals surface area contributed by atoms with E-state index in [1.807, 2.05) is 24.3 Å². The predicted octanol–water partition coefficient (Wildman–Crippen LogP) is 0.986. The lowest BCUT2D eigenvalue weighted by Gasteiger charge is -2.33. The number of aliphatic carboxylic acids is 1. The van der Waals surface area contributed by atoms with Crippen LogP contribution >= 0.6 is 0 Å². The van der Waals surface area contributed by atoms with Crippen LogP contribution in [-0.2, 0) is 20.9 Å². The maximum absolute atomic E-state index is 12.7. The number of aromatic nitrogens is 2. The number of carbonyl (C=O) groups excluding carboxylic acids is 1. The first-order valence-corrected chi connectivity index (χ1v) is 8.10. The molecular formula is C17H19N3O4. The normalized spacial score (nSPS) is 26.5. The fourth-order valence-corrected chi connectivity index (χ4v) is 3.86. The van der Waals surface area contributed by atoms with E-state index in [1.54, 1.807) is 15.8 Å². The molecule has 4 rings (SSSR count). The Bertz CT molecular complexity index is 802. The van der Waals surface area contributed by atoms with Crippen LogP contribution in [0.2, 0.25) is 0 Å². The number of amides is 1. The number of hydrogen-bond donors (Lipinski definition) is 1. The Balaban J connectivity index is 1.54. The third-order valence-electron chi connectivity index (χ3n) is 5.28. The molecule has 0 bridgehead atoms. The van der Waals surface area contributed by atoms with Gasteiger partial charge < -0.3 is 14.7 Å². The highest BCUT2D eigenvalue weighted by atomic mass is 16.5. The van der Waals surface area contributed by atoms with Crippen molar-refractivity contribution in [1.82, 2.24) is 14.7 Å². The van der Waals surface area contributed by atoms with E-state index in [4.69, 9.17) is 4.74 Å². The van der Waals surface area contributed by atoms with E-state index in [-0.39, 0.29) is 31.5 Å². The Morgan fingerprint density at radius 1 is 1.38 bits per heavy atom. The summed E-state index contributed by atoms with van der Waals surface area (Å²) < 4.78 is 7.07. The van der Waals surface area contributed by atoms with Gasteiger partial charge >= 0.3 is 5.97 Å². The molecule has 0 radical (unpaired) electrons. The van der Waals surface area contributed by atoms with Crippen molar-refractivity contribution in [2.75, 3.05) is 26.3 Å². The molecule has 126 valence electrons. The van der Waals surface area contributed by atoms with E-state index in [9.17, 15) is 14.7 Å². The first-order chi connectivity index (χ1) is 11.6. The summed E-state index contributed by atoms with van der Waals surface area (Å²) in [6.07, 6.45) is 2.42. The fourth-order valence-electron chi connectivity index (χ4n) is 3.86. The zero-order valence-electron chi connectivity index (χ0n) is 13.2. The topological polar surface area (TPSA) is 84.7 Å². The summed E-state index contributed by atoms with van der Waals surface area (Å²) in [5, 5.41) is 14.9. The van der Waals surface area contributed by atoms with E-state index in [0.717, 1.165) is 10.9 Å². The van der Waals surface area contributed by atoms with E-state index in [2.05, 4.69) is 5.10 Å². The number of rotatable bonds is 3. The largest absolute Gasteiger partial charge is 0.481 e. The number of para-hydroxylation sites is 1. The van der Waals surface area contributed by atoms with E-state index < -0.39 is 11.4 Å². The number of carboxylic acids is 1. The number of carboxylic acid groups (broad SMARTS) is 1. The second-order valence-electron chi connectivity index (χ2n) is 6.63. The van der Waals surface area contributed by atoms with Crippen LogP contribution in [0.1, 0.15) is 6.42 Å². The monoisotopic (exact) mass is 329 g/mol. The van der Waals surface area contributed by atoms with Gasteiger partial charge in [0, 0.05) is 25.1 Å². The minimum Gasteiger partial charge on any atom is -0.481 e. The number of benzene rings is 1. The molecule has 0 aliphatic carbocycles. The average molecular weight is 329 g/mol. The molecule has 1 N–H and O–H groups in total. The van der Waals surface area contributed by atoms with Gasteiger partial charge in [-0.05, 0) is 18.4 Å². The minimum atomic E-state index is -0.958. The Kier molecular flexibility index (Phi) is 3.53. The lowest BCUT2D eigenvalue weighted by Crippen LogP contribution is -2.46. The summed E-state index contributed by atoms with van der Waals surface area (Å²) in [6, 6.07) is 7.71. The molecule has 2 fully saturated rings. The predicted molar refractivity (Wildman–Crippen MR) is 85.3 cm³/mol. The first-order valence-electron chi connectivity index (χ1n) is 8.10. The molecule has 0 spiro atoms. The van der Waals surface area contributed by atoms with Crippen molar-refractivity contribution in [3.63, 3.8) is 0 Å². The van der Waals surface area contributed by atoms with Crippen molar-refractivity contribution >= 4 is 22.8 Å². The SMILES string of the molecule is O=C(Cn1ncc2ccccc21)N1C[C@@H]2CCOC[C@]2(C(=O)O)C1. The van der Waals surface area contributed by atoms with Gasteiger partial charge in [-0.3, -0.25) is 14.3 Å². The van der Waals surface area contributed by atoms with Crippen LogP contribution < -0.4 is 0 Å². The zero-order chi connectivity index (χ0) is 16.7. The van der Waals surface area contributed by atoms with Gasteiger partial charge in [-0.25, -0.2) is 0 Å². The highest BCUT2D eigenvalue weighted by Crippen LogP contribution is 2.41. The van der Waals surface area contributed by atoms with Gasteiger partial charge in [-0.15, -0.1) is 0 Å². The van der Waals surface area contributed by atoms with Crippen LogP contribution in [0.25, 0.3) is 10.9 Å². The van der Waals surface area contributed by atoms with Gasteiger partial charge in [0.15, 0.2) is 0 Å². The van der Waals surface area contributed by atoms with Crippen LogP contribution in [0.3, 0.4) is 0 Å². The van der Waals surface area contributed by atoms with Gasteiger partial charge in [0.2, 0.25) is 5.91 Å². The number of hydrogen-bond acceptors (Lipinski definition) is 4. The Labute approximate surface area is 138 Å². The molecule has 0 saturated carbocycles. The highest BCUT2D eigenvalue weighted by molar-refractivity contribution is 5.83. The molecule has 1 aromatic heterocycles. The summed E-state index contributed by atoms with van der Waals surface area (Å²) in [6.45, 7) is 1.56. The summed E-state index contributed by atoms with van der Waals surface area (Å²) in [4.78, 5) is 26.1. The number of fused-ring (bicyclic) bond motifs is 2. The molecule has 24 heavy (non-hydrogen) atoms. The summed E-state index contributed by atoms with van der Waals surface area (Å²) in [5.74, 6) is -1.01. The second-order valence-corrected chi connectivity index (χ2v) is 6.63. The van der Waals surface area contributed by atoms with Crippen LogP contribution in [0, 0.1) is 11.3 Å². The van der Waals surface area contributed by atoms with Gasteiger partial charge in [0.05, 0.1) is 18.3 Å². The van der Waals surface area contributed by atoms with Crippen molar-refractivity contribution in [3.8, 4) is 0 Å². The fraction of sp³-hybridized carbons (Fsp3) is 0.471.